The molecule has 0 fully saturated rings. The summed E-state index contributed by atoms with van der Waals surface area (Å²) < 4.78 is 12.8. The molecule has 1 N–H and O–H groups in total. The number of furan rings is 1. The number of ether oxygens (including phenoxy) is 1. The first-order valence-corrected chi connectivity index (χ1v) is 7.59. The predicted molar refractivity (Wildman–Crippen MR) is 82.6 cm³/mol. The van der Waals surface area contributed by atoms with Gasteiger partial charge in [-0.2, -0.15) is 0 Å². The molecular weight excluding hydrogens is 374 g/mol. The summed E-state index contributed by atoms with van der Waals surface area (Å²) in [5, 5.41) is 3.25. The van der Waals surface area contributed by atoms with E-state index in [0.717, 1.165) is 26.2 Å². The van der Waals surface area contributed by atoms with Gasteiger partial charge in [0.25, 0.3) is 0 Å². The fraction of sp³-hybridized carbons (Fsp3) is 0.286. The zero-order valence-electron chi connectivity index (χ0n) is 10.7. The van der Waals surface area contributed by atoms with Crippen molar-refractivity contribution in [3.8, 4) is 5.75 Å². The SMILES string of the molecule is CCOc1ccc(C(NC)c2ccc(Br)o2)c(Br)c1. The highest BCUT2D eigenvalue weighted by Gasteiger charge is 2.18. The van der Waals surface area contributed by atoms with Crippen molar-refractivity contribution in [3.05, 3.63) is 50.8 Å². The van der Waals surface area contributed by atoms with Crippen LogP contribution in [-0.4, -0.2) is 13.7 Å². The molecule has 19 heavy (non-hydrogen) atoms. The van der Waals surface area contributed by atoms with Crippen molar-refractivity contribution >= 4 is 31.9 Å². The molecular formula is C14H15Br2NO2. The van der Waals surface area contributed by atoms with Gasteiger partial charge in [0.15, 0.2) is 4.67 Å². The highest BCUT2D eigenvalue weighted by atomic mass is 79.9. The predicted octanol–water partition coefficient (Wildman–Crippen LogP) is 4.51. The highest BCUT2D eigenvalue weighted by molar-refractivity contribution is 9.10. The van der Waals surface area contributed by atoms with Crippen LogP contribution in [0.3, 0.4) is 0 Å². The quantitative estimate of drug-likeness (QED) is 0.817. The van der Waals surface area contributed by atoms with E-state index in [1.165, 1.54) is 0 Å². The van der Waals surface area contributed by atoms with E-state index in [2.05, 4.69) is 37.2 Å². The van der Waals surface area contributed by atoms with Crippen LogP contribution in [0, 0.1) is 0 Å². The molecule has 2 rings (SSSR count). The molecule has 0 radical (unpaired) electrons. The maximum absolute atomic E-state index is 5.63. The molecule has 2 aromatic rings. The zero-order chi connectivity index (χ0) is 13.8. The summed E-state index contributed by atoms with van der Waals surface area (Å²) in [5.74, 6) is 1.72. The van der Waals surface area contributed by atoms with Gasteiger partial charge in [-0.3, -0.25) is 0 Å². The topological polar surface area (TPSA) is 34.4 Å². The summed E-state index contributed by atoms with van der Waals surface area (Å²) in [4.78, 5) is 0. The van der Waals surface area contributed by atoms with Crippen LogP contribution in [-0.2, 0) is 0 Å². The minimum Gasteiger partial charge on any atom is -0.494 e. The third-order valence-corrected chi connectivity index (χ3v) is 3.87. The molecule has 1 aromatic carbocycles. The fourth-order valence-corrected chi connectivity index (χ4v) is 2.84. The smallest absolute Gasteiger partial charge is 0.169 e. The molecule has 5 heteroatoms. The second-order valence-electron chi connectivity index (χ2n) is 3.98. The number of nitrogens with one attached hydrogen (secondary N) is 1. The van der Waals surface area contributed by atoms with Crippen molar-refractivity contribution in [1.29, 1.82) is 0 Å². The first-order valence-electron chi connectivity index (χ1n) is 6.00. The molecule has 0 aliphatic carbocycles. The van der Waals surface area contributed by atoms with Crippen LogP contribution in [0.4, 0.5) is 0 Å². The number of benzene rings is 1. The molecule has 1 aromatic heterocycles. The van der Waals surface area contributed by atoms with Gasteiger partial charge < -0.3 is 14.5 Å². The van der Waals surface area contributed by atoms with Crippen LogP contribution in [0.2, 0.25) is 0 Å². The zero-order valence-corrected chi connectivity index (χ0v) is 13.9. The van der Waals surface area contributed by atoms with Gasteiger partial charge in [0, 0.05) is 4.47 Å². The van der Waals surface area contributed by atoms with E-state index >= 15 is 0 Å². The van der Waals surface area contributed by atoms with E-state index in [-0.39, 0.29) is 6.04 Å². The fourth-order valence-electron chi connectivity index (χ4n) is 1.93. The number of hydrogen-bond acceptors (Lipinski definition) is 3. The lowest BCUT2D eigenvalue weighted by atomic mass is 10.0. The van der Waals surface area contributed by atoms with Gasteiger partial charge in [-0.05, 0) is 59.7 Å². The monoisotopic (exact) mass is 387 g/mol. The van der Waals surface area contributed by atoms with E-state index in [1.807, 2.05) is 44.3 Å². The Morgan fingerprint density at radius 1 is 1.26 bits per heavy atom. The van der Waals surface area contributed by atoms with Crippen LogP contribution >= 0.6 is 31.9 Å². The third kappa shape index (κ3) is 3.41. The van der Waals surface area contributed by atoms with Gasteiger partial charge in [-0.15, -0.1) is 0 Å². The normalized spacial score (nSPS) is 12.4. The third-order valence-electron chi connectivity index (χ3n) is 2.76. The lowest BCUT2D eigenvalue weighted by molar-refractivity contribution is 0.339. The summed E-state index contributed by atoms with van der Waals surface area (Å²) in [5.41, 5.74) is 1.10. The number of rotatable bonds is 5. The van der Waals surface area contributed by atoms with Gasteiger partial charge >= 0.3 is 0 Å². The first kappa shape index (κ1) is 14.6. The Labute approximate surface area is 129 Å². The van der Waals surface area contributed by atoms with Crippen molar-refractivity contribution in [2.45, 2.75) is 13.0 Å². The molecule has 0 spiro atoms. The Morgan fingerprint density at radius 3 is 2.58 bits per heavy atom. The second kappa shape index (κ2) is 6.59. The lowest BCUT2D eigenvalue weighted by Crippen LogP contribution is -2.17. The van der Waals surface area contributed by atoms with Crippen LogP contribution in [0.5, 0.6) is 5.75 Å². The van der Waals surface area contributed by atoms with Crippen LogP contribution in [0.15, 0.2) is 43.9 Å². The van der Waals surface area contributed by atoms with Crippen molar-refractivity contribution in [1.82, 2.24) is 5.32 Å². The average Bonchev–Trinajstić information content (AvgIpc) is 2.80. The molecule has 1 unspecified atom stereocenters. The van der Waals surface area contributed by atoms with Gasteiger partial charge in [0.2, 0.25) is 0 Å². The molecule has 1 heterocycles. The molecule has 0 bridgehead atoms. The average molecular weight is 389 g/mol. The van der Waals surface area contributed by atoms with Crippen LogP contribution in [0.25, 0.3) is 0 Å². The molecule has 0 saturated heterocycles. The minimum absolute atomic E-state index is 0.00338. The largest absolute Gasteiger partial charge is 0.494 e. The van der Waals surface area contributed by atoms with Gasteiger partial charge in [-0.25, -0.2) is 0 Å². The second-order valence-corrected chi connectivity index (χ2v) is 5.62. The number of halogens is 2. The molecule has 1 atom stereocenters. The Bertz CT molecular complexity index is 554. The van der Waals surface area contributed by atoms with Crippen molar-refractivity contribution in [2.24, 2.45) is 0 Å². The van der Waals surface area contributed by atoms with E-state index in [4.69, 9.17) is 9.15 Å². The maximum Gasteiger partial charge on any atom is 0.169 e. The Balaban J connectivity index is 2.33. The number of hydrogen-bond donors (Lipinski definition) is 1. The van der Waals surface area contributed by atoms with E-state index in [1.54, 1.807) is 0 Å². The lowest BCUT2D eigenvalue weighted by Gasteiger charge is -2.16. The summed E-state index contributed by atoms with van der Waals surface area (Å²) in [6, 6.07) is 9.81. The van der Waals surface area contributed by atoms with Crippen LogP contribution in [0.1, 0.15) is 24.3 Å². The molecule has 0 aliphatic heterocycles. The summed E-state index contributed by atoms with van der Waals surface area (Å²) in [7, 11) is 1.91. The molecule has 102 valence electrons. The van der Waals surface area contributed by atoms with Crippen molar-refractivity contribution < 1.29 is 9.15 Å². The Kier molecular flexibility index (Phi) is 5.07. The minimum atomic E-state index is -0.00338. The summed E-state index contributed by atoms with van der Waals surface area (Å²) in [6.45, 7) is 2.63. The standard InChI is InChI=1S/C14H15Br2NO2/c1-3-18-9-4-5-10(11(15)8-9)14(17-2)12-6-7-13(16)19-12/h4-8,14,17H,3H2,1-2H3. The summed E-state index contributed by atoms with van der Waals surface area (Å²) >= 11 is 6.92. The van der Waals surface area contributed by atoms with Gasteiger partial charge in [0.1, 0.15) is 11.5 Å². The molecule has 3 nitrogen and oxygen atoms in total. The van der Waals surface area contributed by atoms with E-state index in [9.17, 15) is 0 Å². The van der Waals surface area contributed by atoms with E-state index in [0.29, 0.717) is 6.61 Å². The van der Waals surface area contributed by atoms with E-state index < -0.39 is 0 Å². The van der Waals surface area contributed by atoms with Gasteiger partial charge in [0.05, 0.1) is 12.6 Å². The van der Waals surface area contributed by atoms with Crippen molar-refractivity contribution in [2.75, 3.05) is 13.7 Å². The molecule has 0 saturated carbocycles. The molecule has 0 aliphatic rings. The Hall–Kier alpha value is -0.780. The van der Waals surface area contributed by atoms with Crippen molar-refractivity contribution in [3.63, 3.8) is 0 Å². The highest BCUT2D eigenvalue weighted by Crippen LogP contribution is 2.32. The molecule has 0 amide bonds. The summed E-state index contributed by atoms with van der Waals surface area (Å²) in [6.07, 6.45) is 0. The van der Waals surface area contributed by atoms with Crippen LogP contribution < -0.4 is 10.1 Å². The first-order chi connectivity index (χ1) is 9.15. The Morgan fingerprint density at radius 2 is 2.05 bits per heavy atom. The maximum atomic E-state index is 5.63. The van der Waals surface area contributed by atoms with Gasteiger partial charge in [-0.1, -0.05) is 22.0 Å².